The molecule has 0 bridgehead atoms. The number of para-hydroxylation sites is 1. The number of non-ortho nitro benzene ring substituents is 1. The number of sulfonamides is 1. The molecule has 8 nitrogen and oxygen atoms in total. The summed E-state index contributed by atoms with van der Waals surface area (Å²) in [5.74, 6) is -0.890. The molecule has 0 aliphatic carbocycles. The Kier molecular flexibility index (Phi) is 5.37. The maximum atomic E-state index is 13.1. The summed E-state index contributed by atoms with van der Waals surface area (Å²) in [6.45, 7) is 0. The standard InChI is InChI=1S/C19H14N2O6S/c22-19(15-8-3-1-4-9-15)27-21(16-10-5-2-6-11-16)28(25,26)18-13-7-12-17(14-18)20(23)24/h1-14H. The van der Waals surface area contributed by atoms with Crippen molar-refractivity contribution in [1.82, 2.24) is 0 Å². The Balaban J connectivity index is 2.05. The molecule has 0 amide bonds. The highest BCUT2D eigenvalue weighted by Crippen LogP contribution is 2.26. The molecule has 0 fully saturated rings. The van der Waals surface area contributed by atoms with Crippen molar-refractivity contribution in [3.63, 3.8) is 0 Å². The lowest BCUT2D eigenvalue weighted by Crippen LogP contribution is -2.33. The fourth-order valence-corrected chi connectivity index (χ4v) is 3.62. The van der Waals surface area contributed by atoms with Crippen LogP contribution in [0.2, 0.25) is 0 Å². The molecule has 0 saturated heterocycles. The number of nitro benzene ring substituents is 1. The maximum Gasteiger partial charge on any atom is 0.364 e. The maximum absolute atomic E-state index is 13.1. The Morgan fingerprint density at radius 2 is 1.50 bits per heavy atom. The third-order valence-corrected chi connectivity index (χ3v) is 5.26. The van der Waals surface area contributed by atoms with E-state index in [0.717, 1.165) is 6.07 Å². The molecule has 28 heavy (non-hydrogen) atoms. The van der Waals surface area contributed by atoms with Crippen molar-refractivity contribution < 1.29 is 23.0 Å². The van der Waals surface area contributed by atoms with Gasteiger partial charge in [0.1, 0.15) is 0 Å². The van der Waals surface area contributed by atoms with Crippen LogP contribution in [0.3, 0.4) is 0 Å². The SMILES string of the molecule is O=C(ON(c1ccccc1)S(=O)(=O)c1cccc([N+](=O)[O-])c1)c1ccccc1. The number of benzene rings is 3. The average Bonchev–Trinajstić information content (AvgIpc) is 2.73. The summed E-state index contributed by atoms with van der Waals surface area (Å²) in [5.41, 5.74) is -0.181. The fraction of sp³-hybridized carbons (Fsp3) is 0. The first-order valence-electron chi connectivity index (χ1n) is 8.02. The summed E-state index contributed by atoms with van der Waals surface area (Å²) in [5, 5.41) is 11.0. The topological polar surface area (TPSA) is 107 Å². The van der Waals surface area contributed by atoms with Crippen LogP contribution in [0.5, 0.6) is 0 Å². The quantitative estimate of drug-likeness (QED) is 0.464. The molecule has 0 heterocycles. The Labute approximate surface area is 160 Å². The Morgan fingerprint density at radius 1 is 0.893 bits per heavy atom. The van der Waals surface area contributed by atoms with Gasteiger partial charge in [0.2, 0.25) is 0 Å². The summed E-state index contributed by atoms with van der Waals surface area (Å²) < 4.78 is 26.7. The number of carbonyl (C=O) groups is 1. The van der Waals surface area contributed by atoms with Gasteiger partial charge in [0, 0.05) is 12.1 Å². The Morgan fingerprint density at radius 3 is 2.11 bits per heavy atom. The van der Waals surface area contributed by atoms with E-state index < -0.39 is 26.6 Å². The molecule has 0 N–H and O–H groups in total. The zero-order valence-corrected chi connectivity index (χ0v) is 15.2. The van der Waals surface area contributed by atoms with Crippen LogP contribution < -0.4 is 4.47 Å². The van der Waals surface area contributed by atoms with Gasteiger partial charge in [-0.1, -0.05) is 46.9 Å². The predicted octanol–water partition coefficient (Wildman–Crippen LogP) is 3.56. The highest BCUT2D eigenvalue weighted by atomic mass is 32.2. The van der Waals surface area contributed by atoms with Gasteiger partial charge >= 0.3 is 5.97 Å². The fourth-order valence-electron chi connectivity index (χ4n) is 2.35. The van der Waals surface area contributed by atoms with Crippen LogP contribution in [0.1, 0.15) is 10.4 Å². The number of nitrogens with zero attached hydrogens (tertiary/aromatic N) is 2. The molecule has 0 atom stereocenters. The number of rotatable bonds is 6. The monoisotopic (exact) mass is 398 g/mol. The molecule has 142 valence electrons. The molecule has 0 aliphatic rings. The van der Waals surface area contributed by atoms with Crippen LogP contribution in [-0.4, -0.2) is 19.3 Å². The molecule has 0 radical (unpaired) electrons. The van der Waals surface area contributed by atoms with Crippen LogP contribution in [0.4, 0.5) is 11.4 Å². The van der Waals surface area contributed by atoms with E-state index in [4.69, 9.17) is 4.84 Å². The lowest BCUT2D eigenvalue weighted by atomic mass is 10.2. The zero-order chi connectivity index (χ0) is 20.1. The van der Waals surface area contributed by atoms with Crippen molar-refractivity contribution in [2.75, 3.05) is 4.47 Å². The van der Waals surface area contributed by atoms with Crippen LogP contribution in [0.25, 0.3) is 0 Å². The van der Waals surface area contributed by atoms with Crippen LogP contribution in [0.15, 0.2) is 89.8 Å². The normalized spacial score (nSPS) is 10.9. The van der Waals surface area contributed by atoms with Crippen molar-refractivity contribution in [2.45, 2.75) is 4.90 Å². The molecule has 0 spiro atoms. The number of anilines is 1. The summed E-state index contributed by atoms with van der Waals surface area (Å²) in [7, 11) is -4.43. The van der Waals surface area contributed by atoms with E-state index in [1.165, 1.54) is 42.5 Å². The minimum atomic E-state index is -4.43. The molecular weight excluding hydrogens is 384 g/mol. The second-order valence-electron chi connectivity index (χ2n) is 5.57. The summed E-state index contributed by atoms with van der Waals surface area (Å²) in [6.07, 6.45) is 0. The molecule has 3 aromatic rings. The number of hydrogen-bond donors (Lipinski definition) is 0. The smallest absolute Gasteiger partial charge is 0.320 e. The lowest BCUT2D eigenvalue weighted by Gasteiger charge is -2.22. The largest absolute Gasteiger partial charge is 0.364 e. The summed E-state index contributed by atoms with van der Waals surface area (Å²) >= 11 is 0. The summed E-state index contributed by atoms with van der Waals surface area (Å²) in [4.78, 5) is 27.5. The van der Waals surface area contributed by atoms with E-state index in [-0.39, 0.29) is 16.1 Å². The van der Waals surface area contributed by atoms with Gasteiger partial charge in [0.05, 0.1) is 21.1 Å². The van der Waals surface area contributed by atoms with Gasteiger partial charge in [-0.15, -0.1) is 0 Å². The predicted molar refractivity (Wildman–Crippen MR) is 101 cm³/mol. The van der Waals surface area contributed by atoms with Gasteiger partial charge < -0.3 is 4.84 Å². The lowest BCUT2D eigenvalue weighted by molar-refractivity contribution is -0.385. The van der Waals surface area contributed by atoms with Gasteiger partial charge in [-0.25, -0.2) is 4.79 Å². The van der Waals surface area contributed by atoms with E-state index in [1.807, 2.05) is 0 Å². The number of nitro groups is 1. The summed E-state index contributed by atoms with van der Waals surface area (Å²) in [6, 6.07) is 20.1. The minimum Gasteiger partial charge on any atom is -0.320 e. The van der Waals surface area contributed by atoms with Crippen molar-refractivity contribution in [3.8, 4) is 0 Å². The van der Waals surface area contributed by atoms with Crippen molar-refractivity contribution in [1.29, 1.82) is 0 Å². The molecule has 3 rings (SSSR count). The second kappa shape index (κ2) is 7.89. The van der Waals surface area contributed by atoms with Crippen molar-refractivity contribution >= 4 is 27.4 Å². The van der Waals surface area contributed by atoms with E-state index in [2.05, 4.69) is 0 Å². The molecule has 3 aromatic carbocycles. The first kappa shape index (κ1) is 19.1. The van der Waals surface area contributed by atoms with E-state index >= 15 is 0 Å². The van der Waals surface area contributed by atoms with Crippen molar-refractivity contribution in [2.24, 2.45) is 0 Å². The second-order valence-corrected chi connectivity index (χ2v) is 7.32. The van der Waals surface area contributed by atoms with Gasteiger partial charge in [0.15, 0.2) is 0 Å². The molecule has 0 saturated carbocycles. The molecular formula is C19H14N2O6S. The third-order valence-electron chi connectivity index (χ3n) is 3.69. The first-order valence-corrected chi connectivity index (χ1v) is 9.46. The number of hydrogen-bond acceptors (Lipinski definition) is 6. The first-order chi connectivity index (χ1) is 13.4. The van der Waals surface area contributed by atoms with Gasteiger partial charge in [-0.3, -0.25) is 10.1 Å². The Bertz CT molecular complexity index is 1100. The van der Waals surface area contributed by atoms with E-state index in [1.54, 1.807) is 36.4 Å². The van der Waals surface area contributed by atoms with Crippen molar-refractivity contribution in [3.05, 3.63) is 101 Å². The molecule has 9 heteroatoms. The van der Waals surface area contributed by atoms with Crippen LogP contribution in [0, 0.1) is 10.1 Å². The number of carbonyl (C=O) groups excluding carboxylic acids is 1. The molecule has 0 unspecified atom stereocenters. The van der Waals surface area contributed by atoms with E-state index in [9.17, 15) is 23.3 Å². The van der Waals surface area contributed by atoms with Gasteiger partial charge in [-0.2, -0.15) is 8.42 Å². The molecule has 0 aliphatic heterocycles. The van der Waals surface area contributed by atoms with E-state index in [0.29, 0.717) is 4.47 Å². The highest BCUT2D eigenvalue weighted by molar-refractivity contribution is 7.92. The van der Waals surface area contributed by atoms with Gasteiger partial charge in [-0.05, 0) is 30.3 Å². The Hall–Kier alpha value is -3.72. The van der Waals surface area contributed by atoms with Crippen LogP contribution >= 0.6 is 0 Å². The molecule has 0 aromatic heterocycles. The van der Waals surface area contributed by atoms with Crippen LogP contribution in [-0.2, 0) is 14.9 Å². The van der Waals surface area contributed by atoms with Gasteiger partial charge in [0.25, 0.3) is 15.7 Å². The third kappa shape index (κ3) is 3.99. The highest BCUT2D eigenvalue weighted by Gasteiger charge is 2.30. The average molecular weight is 398 g/mol. The zero-order valence-electron chi connectivity index (χ0n) is 14.3. The minimum absolute atomic E-state index is 0.0679.